The van der Waals surface area contributed by atoms with Crippen LogP contribution in [-0.2, 0) is 16.1 Å². The summed E-state index contributed by atoms with van der Waals surface area (Å²) in [6, 6.07) is 3.61. The fourth-order valence-corrected chi connectivity index (χ4v) is 1.88. The first-order valence-electron chi connectivity index (χ1n) is 8.65. The van der Waals surface area contributed by atoms with Crippen molar-refractivity contribution in [2.45, 2.75) is 39.7 Å². The number of carbonyl (C=O) groups is 1. The summed E-state index contributed by atoms with van der Waals surface area (Å²) in [6.45, 7) is 7.63. The van der Waals surface area contributed by atoms with E-state index in [0.717, 1.165) is 51.3 Å². The summed E-state index contributed by atoms with van der Waals surface area (Å²) in [5, 5.41) is 9.08. The van der Waals surface area contributed by atoms with Crippen LogP contribution in [0.3, 0.4) is 0 Å². The number of halogens is 1. The van der Waals surface area contributed by atoms with Crippen molar-refractivity contribution < 1.29 is 13.9 Å². The summed E-state index contributed by atoms with van der Waals surface area (Å²) >= 11 is 0. The molecule has 0 aromatic carbocycles. The van der Waals surface area contributed by atoms with Gasteiger partial charge in [-0.05, 0) is 31.9 Å². The van der Waals surface area contributed by atoms with Crippen LogP contribution in [0.2, 0.25) is 0 Å². The lowest BCUT2D eigenvalue weighted by atomic mass is 10.4. The molecule has 0 aliphatic heterocycles. The number of hydrogen-bond donors (Lipinski definition) is 3. The highest BCUT2D eigenvalue weighted by atomic mass is 127. The number of amides is 1. The number of nitrogens with one attached hydrogen (secondary N) is 3. The van der Waals surface area contributed by atoms with Gasteiger partial charge in [-0.3, -0.25) is 4.79 Å². The zero-order valence-electron chi connectivity index (χ0n) is 15.2. The summed E-state index contributed by atoms with van der Waals surface area (Å²) in [5.74, 6) is 1.21. The van der Waals surface area contributed by atoms with Crippen LogP contribution >= 0.6 is 24.0 Å². The van der Waals surface area contributed by atoms with Gasteiger partial charge in [-0.25, -0.2) is 4.99 Å². The van der Waals surface area contributed by atoms with Gasteiger partial charge in [0.2, 0.25) is 5.91 Å². The normalized spacial score (nSPS) is 10.9. The quantitative estimate of drug-likeness (QED) is 0.191. The van der Waals surface area contributed by atoms with E-state index >= 15 is 0 Å². The van der Waals surface area contributed by atoms with Gasteiger partial charge < -0.3 is 25.1 Å². The molecule has 0 unspecified atom stereocenters. The molecule has 0 radical (unpaired) electrons. The predicted octanol–water partition coefficient (Wildman–Crippen LogP) is 2.28. The highest BCUT2D eigenvalue weighted by Gasteiger charge is 2.03. The summed E-state index contributed by atoms with van der Waals surface area (Å²) < 4.78 is 10.7. The molecular formula is C17H31IN4O3. The van der Waals surface area contributed by atoms with E-state index in [0.29, 0.717) is 12.5 Å². The zero-order valence-corrected chi connectivity index (χ0v) is 17.5. The number of carbonyl (C=O) groups excluding carboxylic acids is 1. The molecule has 0 aliphatic rings. The Balaban J connectivity index is 0.00000576. The van der Waals surface area contributed by atoms with E-state index in [4.69, 9.17) is 9.15 Å². The summed E-state index contributed by atoms with van der Waals surface area (Å²) in [7, 11) is 0. The first kappa shape index (κ1) is 23.7. The monoisotopic (exact) mass is 466 g/mol. The Hall–Kier alpha value is -1.29. The Bertz CT molecular complexity index is 466. The number of aliphatic imine (C=N–C) groups is 1. The van der Waals surface area contributed by atoms with Crippen molar-refractivity contribution in [1.82, 2.24) is 16.0 Å². The summed E-state index contributed by atoms with van der Waals surface area (Å²) in [4.78, 5) is 16.1. The molecule has 0 aliphatic carbocycles. The molecule has 3 N–H and O–H groups in total. The average Bonchev–Trinajstić information content (AvgIpc) is 3.10. The second-order valence-corrected chi connectivity index (χ2v) is 5.30. The maximum atomic E-state index is 11.8. The van der Waals surface area contributed by atoms with E-state index in [-0.39, 0.29) is 36.4 Å². The molecule has 0 atom stereocenters. The maximum Gasteiger partial charge on any atom is 0.242 e. The molecule has 144 valence electrons. The zero-order chi connectivity index (χ0) is 17.5. The van der Waals surface area contributed by atoms with Gasteiger partial charge in [0.15, 0.2) is 5.96 Å². The van der Waals surface area contributed by atoms with Gasteiger partial charge in [0.25, 0.3) is 0 Å². The lowest BCUT2D eigenvalue weighted by molar-refractivity contribution is -0.119. The molecule has 1 heterocycles. The molecule has 7 nitrogen and oxygen atoms in total. The van der Waals surface area contributed by atoms with Gasteiger partial charge in [-0.2, -0.15) is 0 Å². The number of unbranched alkanes of at least 4 members (excludes halogenated alkanes) is 1. The second kappa shape index (κ2) is 16.2. The SMILES string of the molecule is CCCCOCCCNC(=NCC(=O)NCc1ccco1)NCC.I. The van der Waals surface area contributed by atoms with Gasteiger partial charge in [-0.1, -0.05) is 13.3 Å². The predicted molar refractivity (Wildman–Crippen MR) is 110 cm³/mol. The first-order valence-corrected chi connectivity index (χ1v) is 8.65. The third-order valence-corrected chi connectivity index (χ3v) is 3.17. The molecule has 0 spiro atoms. The molecule has 25 heavy (non-hydrogen) atoms. The van der Waals surface area contributed by atoms with Crippen LogP contribution in [0.4, 0.5) is 0 Å². The first-order chi connectivity index (χ1) is 11.8. The largest absolute Gasteiger partial charge is 0.467 e. The van der Waals surface area contributed by atoms with Crippen LogP contribution in [-0.4, -0.2) is 44.7 Å². The Kier molecular flexibility index (Phi) is 15.4. The van der Waals surface area contributed by atoms with Crippen molar-refractivity contribution >= 4 is 35.8 Å². The Morgan fingerprint density at radius 2 is 2.00 bits per heavy atom. The summed E-state index contributed by atoms with van der Waals surface area (Å²) in [6.07, 6.45) is 4.74. The topological polar surface area (TPSA) is 87.9 Å². The van der Waals surface area contributed by atoms with Crippen molar-refractivity contribution in [3.05, 3.63) is 24.2 Å². The molecule has 0 bridgehead atoms. The number of rotatable bonds is 12. The number of furan rings is 1. The van der Waals surface area contributed by atoms with Crippen LogP contribution in [0.25, 0.3) is 0 Å². The molecule has 0 saturated heterocycles. The fourth-order valence-electron chi connectivity index (χ4n) is 1.88. The number of ether oxygens (including phenoxy) is 1. The number of nitrogens with zero attached hydrogens (tertiary/aromatic N) is 1. The third-order valence-electron chi connectivity index (χ3n) is 3.17. The van der Waals surface area contributed by atoms with Gasteiger partial charge >= 0.3 is 0 Å². The molecular weight excluding hydrogens is 435 g/mol. The minimum absolute atomic E-state index is 0. The van der Waals surface area contributed by atoms with Gasteiger partial charge in [0.1, 0.15) is 12.3 Å². The average molecular weight is 466 g/mol. The number of hydrogen-bond acceptors (Lipinski definition) is 4. The highest BCUT2D eigenvalue weighted by Crippen LogP contribution is 1.98. The van der Waals surface area contributed by atoms with Crippen molar-refractivity contribution in [2.24, 2.45) is 4.99 Å². The molecule has 1 rings (SSSR count). The van der Waals surface area contributed by atoms with E-state index in [9.17, 15) is 4.79 Å². The van der Waals surface area contributed by atoms with Crippen LogP contribution < -0.4 is 16.0 Å². The van der Waals surface area contributed by atoms with Crippen LogP contribution in [0.1, 0.15) is 38.9 Å². The molecule has 1 amide bonds. The minimum Gasteiger partial charge on any atom is -0.467 e. The van der Waals surface area contributed by atoms with Crippen molar-refractivity contribution in [1.29, 1.82) is 0 Å². The van der Waals surface area contributed by atoms with E-state index in [1.54, 1.807) is 12.3 Å². The minimum atomic E-state index is -0.147. The molecule has 1 aromatic heterocycles. The molecule has 8 heteroatoms. The van der Waals surface area contributed by atoms with Crippen molar-refractivity contribution in [2.75, 3.05) is 32.8 Å². The van der Waals surface area contributed by atoms with E-state index < -0.39 is 0 Å². The lowest BCUT2D eigenvalue weighted by Crippen LogP contribution is -2.39. The van der Waals surface area contributed by atoms with Gasteiger partial charge in [0, 0.05) is 26.3 Å². The van der Waals surface area contributed by atoms with Crippen LogP contribution in [0, 0.1) is 0 Å². The van der Waals surface area contributed by atoms with Crippen molar-refractivity contribution in [3.63, 3.8) is 0 Å². The van der Waals surface area contributed by atoms with Crippen LogP contribution in [0.5, 0.6) is 0 Å². The standard InChI is InChI=1S/C17H30N4O3.HI/c1-3-5-10-23-11-7-9-19-17(18-4-2)21-14-16(22)20-13-15-8-6-12-24-15;/h6,8,12H,3-5,7,9-11,13-14H2,1-2H3,(H,20,22)(H2,18,19,21);1H. The smallest absolute Gasteiger partial charge is 0.242 e. The fraction of sp³-hybridized carbons (Fsp3) is 0.647. The van der Waals surface area contributed by atoms with E-state index in [1.165, 1.54) is 0 Å². The van der Waals surface area contributed by atoms with Crippen LogP contribution in [0.15, 0.2) is 27.8 Å². The van der Waals surface area contributed by atoms with Gasteiger partial charge in [-0.15, -0.1) is 24.0 Å². The summed E-state index contributed by atoms with van der Waals surface area (Å²) in [5.41, 5.74) is 0. The number of guanidine groups is 1. The van der Waals surface area contributed by atoms with Gasteiger partial charge in [0.05, 0.1) is 12.8 Å². The van der Waals surface area contributed by atoms with E-state index in [2.05, 4.69) is 27.9 Å². The van der Waals surface area contributed by atoms with E-state index in [1.807, 2.05) is 13.0 Å². The maximum absolute atomic E-state index is 11.8. The molecule has 1 aromatic rings. The third kappa shape index (κ3) is 12.7. The Labute approximate surface area is 167 Å². The Morgan fingerprint density at radius 1 is 1.20 bits per heavy atom. The molecule has 0 fully saturated rings. The second-order valence-electron chi connectivity index (χ2n) is 5.30. The Morgan fingerprint density at radius 3 is 2.68 bits per heavy atom. The highest BCUT2D eigenvalue weighted by molar-refractivity contribution is 14.0. The van der Waals surface area contributed by atoms with Crippen molar-refractivity contribution in [3.8, 4) is 0 Å². The molecule has 0 saturated carbocycles. The lowest BCUT2D eigenvalue weighted by Gasteiger charge is -2.11.